The van der Waals surface area contributed by atoms with Gasteiger partial charge in [-0.25, -0.2) is 0 Å². The van der Waals surface area contributed by atoms with Crippen molar-refractivity contribution in [3.63, 3.8) is 0 Å². The Morgan fingerprint density at radius 2 is 2.11 bits per heavy atom. The first kappa shape index (κ1) is 13.6. The van der Waals surface area contributed by atoms with Gasteiger partial charge in [-0.05, 0) is 71.1 Å². The molecule has 2 aliphatic carbocycles. The standard InChI is InChI=1S/C15H17Br2NO/c16-12-3-4-13(14(17)7-12)15(19)18-8-11-6-9-1-2-10(11)5-9/h3-4,7,9-11H,1-2,5-6,8H2,(H,18,19). The summed E-state index contributed by atoms with van der Waals surface area (Å²) in [6.45, 7) is 0.836. The lowest BCUT2D eigenvalue weighted by molar-refractivity contribution is 0.0941. The summed E-state index contributed by atoms with van der Waals surface area (Å²) >= 11 is 6.84. The number of nitrogens with one attached hydrogen (secondary N) is 1. The van der Waals surface area contributed by atoms with Crippen molar-refractivity contribution in [3.05, 3.63) is 32.7 Å². The molecule has 0 saturated heterocycles. The van der Waals surface area contributed by atoms with Crippen LogP contribution in [0.15, 0.2) is 27.1 Å². The molecular formula is C15H17Br2NO. The molecular weight excluding hydrogens is 370 g/mol. The minimum atomic E-state index is 0.0298. The zero-order valence-corrected chi connectivity index (χ0v) is 13.8. The van der Waals surface area contributed by atoms with Crippen molar-refractivity contribution in [1.82, 2.24) is 5.32 Å². The summed E-state index contributed by atoms with van der Waals surface area (Å²) in [6, 6.07) is 5.66. The van der Waals surface area contributed by atoms with Gasteiger partial charge in [0.05, 0.1) is 5.56 Å². The number of carbonyl (C=O) groups excluding carboxylic acids is 1. The summed E-state index contributed by atoms with van der Waals surface area (Å²) in [6.07, 6.45) is 5.48. The van der Waals surface area contributed by atoms with E-state index < -0.39 is 0 Å². The molecule has 0 radical (unpaired) electrons. The minimum absolute atomic E-state index is 0.0298. The fourth-order valence-corrected chi connectivity index (χ4v) is 4.85. The molecule has 1 aromatic carbocycles. The molecule has 1 amide bonds. The first-order valence-corrected chi connectivity index (χ1v) is 8.45. The molecule has 0 aliphatic heterocycles. The van der Waals surface area contributed by atoms with Crippen LogP contribution >= 0.6 is 31.9 Å². The Hall–Kier alpha value is -0.350. The molecule has 3 rings (SSSR count). The van der Waals surface area contributed by atoms with Crippen LogP contribution in [-0.2, 0) is 0 Å². The van der Waals surface area contributed by atoms with Crippen molar-refractivity contribution in [3.8, 4) is 0 Å². The maximum absolute atomic E-state index is 12.2. The first-order chi connectivity index (χ1) is 9.13. The number of fused-ring (bicyclic) bond motifs is 2. The lowest BCUT2D eigenvalue weighted by Crippen LogP contribution is -2.31. The highest BCUT2D eigenvalue weighted by atomic mass is 79.9. The zero-order chi connectivity index (χ0) is 13.4. The number of carbonyl (C=O) groups is 1. The van der Waals surface area contributed by atoms with Crippen LogP contribution < -0.4 is 5.32 Å². The van der Waals surface area contributed by atoms with Gasteiger partial charge in [0.25, 0.3) is 5.91 Å². The van der Waals surface area contributed by atoms with Crippen LogP contribution in [0.3, 0.4) is 0 Å². The molecule has 1 aromatic rings. The zero-order valence-electron chi connectivity index (χ0n) is 10.7. The van der Waals surface area contributed by atoms with Crippen LogP contribution in [0.2, 0.25) is 0 Å². The van der Waals surface area contributed by atoms with Gasteiger partial charge in [0.15, 0.2) is 0 Å². The van der Waals surface area contributed by atoms with E-state index in [1.165, 1.54) is 25.7 Å². The van der Waals surface area contributed by atoms with Crippen molar-refractivity contribution in [2.75, 3.05) is 6.54 Å². The van der Waals surface area contributed by atoms with Gasteiger partial charge in [0.1, 0.15) is 0 Å². The fraction of sp³-hybridized carbons (Fsp3) is 0.533. The van der Waals surface area contributed by atoms with Crippen LogP contribution in [0.25, 0.3) is 0 Å². The van der Waals surface area contributed by atoms with Gasteiger partial charge < -0.3 is 5.32 Å². The van der Waals surface area contributed by atoms with Crippen LogP contribution in [0.5, 0.6) is 0 Å². The highest BCUT2D eigenvalue weighted by Crippen LogP contribution is 2.47. The van der Waals surface area contributed by atoms with Crippen molar-refractivity contribution >= 4 is 37.8 Å². The maximum Gasteiger partial charge on any atom is 0.252 e. The Kier molecular flexibility index (Phi) is 3.99. The Morgan fingerprint density at radius 1 is 1.26 bits per heavy atom. The summed E-state index contributed by atoms with van der Waals surface area (Å²) in [5.41, 5.74) is 0.714. The van der Waals surface area contributed by atoms with E-state index in [1.54, 1.807) is 0 Å². The second-order valence-corrected chi connectivity index (χ2v) is 7.54. The smallest absolute Gasteiger partial charge is 0.252 e. The largest absolute Gasteiger partial charge is 0.352 e. The van der Waals surface area contributed by atoms with Crippen molar-refractivity contribution in [2.24, 2.45) is 17.8 Å². The Labute approximate surface area is 130 Å². The van der Waals surface area contributed by atoms with E-state index >= 15 is 0 Å². The number of halogens is 2. The summed E-state index contributed by atoms with van der Waals surface area (Å²) in [4.78, 5) is 12.2. The predicted molar refractivity (Wildman–Crippen MR) is 83.1 cm³/mol. The summed E-state index contributed by atoms with van der Waals surface area (Å²) < 4.78 is 1.82. The molecule has 2 aliphatic rings. The molecule has 2 nitrogen and oxygen atoms in total. The van der Waals surface area contributed by atoms with Gasteiger partial charge in [0, 0.05) is 15.5 Å². The van der Waals surface area contributed by atoms with Crippen LogP contribution in [0.1, 0.15) is 36.0 Å². The van der Waals surface area contributed by atoms with Gasteiger partial charge >= 0.3 is 0 Å². The monoisotopic (exact) mass is 385 g/mol. The molecule has 0 spiro atoms. The highest BCUT2D eigenvalue weighted by Gasteiger charge is 2.39. The van der Waals surface area contributed by atoms with Crippen molar-refractivity contribution in [2.45, 2.75) is 25.7 Å². The average Bonchev–Trinajstić information content (AvgIpc) is 2.98. The third-order valence-corrected chi connectivity index (χ3v) is 5.73. The lowest BCUT2D eigenvalue weighted by atomic mass is 9.89. The van der Waals surface area contributed by atoms with E-state index in [4.69, 9.17) is 0 Å². The molecule has 0 heterocycles. The fourth-order valence-electron chi connectivity index (χ4n) is 3.62. The van der Waals surface area contributed by atoms with Gasteiger partial charge in [-0.2, -0.15) is 0 Å². The topological polar surface area (TPSA) is 29.1 Å². The normalized spacial score (nSPS) is 28.6. The second-order valence-electron chi connectivity index (χ2n) is 5.77. The molecule has 3 atom stereocenters. The summed E-state index contributed by atoms with van der Waals surface area (Å²) in [7, 11) is 0. The van der Waals surface area contributed by atoms with E-state index in [-0.39, 0.29) is 5.91 Å². The number of amides is 1. The molecule has 1 N–H and O–H groups in total. The number of hydrogen-bond acceptors (Lipinski definition) is 1. The quantitative estimate of drug-likeness (QED) is 0.820. The van der Waals surface area contributed by atoms with E-state index in [9.17, 15) is 4.79 Å². The van der Waals surface area contributed by atoms with Gasteiger partial charge in [-0.15, -0.1) is 0 Å². The second kappa shape index (κ2) is 5.57. The van der Waals surface area contributed by atoms with E-state index in [0.717, 1.165) is 27.3 Å². The number of rotatable bonds is 3. The summed E-state index contributed by atoms with van der Waals surface area (Å²) in [5, 5.41) is 3.10. The van der Waals surface area contributed by atoms with Crippen molar-refractivity contribution < 1.29 is 4.79 Å². The molecule has 19 heavy (non-hydrogen) atoms. The van der Waals surface area contributed by atoms with Crippen LogP contribution in [0.4, 0.5) is 0 Å². The molecule has 4 heteroatoms. The Balaban J connectivity index is 1.59. The van der Waals surface area contributed by atoms with E-state index in [1.807, 2.05) is 18.2 Å². The van der Waals surface area contributed by atoms with Gasteiger partial charge in [0.2, 0.25) is 0 Å². The first-order valence-electron chi connectivity index (χ1n) is 6.86. The van der Waals surface area contributed by atoms with Crippen LogP contribution in [0, 0.1) is 17.8 Å². The minimum Gasteiger partial charge on any atom is -0.352 e. The third kappa shape index (κ3) is 2.89. The third-order valence-electron chi connectivity index (χ3n) is 4.59. The van der Waals surface area contributed by atoms with Gasteiger partial charge in [-0.1, -0.05) is 22.4 Å². The molecule has 0 aromatic heterocycles. The number of benzene rings is 1. The number of hydrogen-bond donors (Lipinski definition) is 1. The van der Waals surface area contributed by atoms with E-state index in [0.29, 0.717) is 11.5 Å². The highest BCUT2D eigenvalue weighted by molar-refractivity contribution is 9.11. The molecule has 102 valence electrons. The van der Waals surface area contributed by atoms with Crippen LogP contribution in [-0.4, -0.2) is 12.5 Å². The Bertz CT molecular complexity index is 503. The SMILES string of the molecule is O=C(NCC1CC2CCC1C2)c1ccc(Br)cc1Br. The van der Waals surface area contributed by atoms with Crippen molar-refractivity contribution in [1.29, 1.82) is 0 Å². The molecule has 2 fully saturated rings. The van der Waals surface area contributed by atoms with Gasteiger partial charge in [-0.3, -0.25) is 4.79 Å². The maximum atomic E-state index is 12.2. The Morgan fingerprint density at radius 3 is 2.74 bits per heavy atom. The molecule has 2 saturated carbocycles. The lowest BCUT2D eigenvalue weighted by Gasteiger charge is -2.21. The average molecular weight is 387 g/mol. The summed E-state index contributed by atoms with van der Waals surface area (Å²) in [5.74, 6) is 2.53. The molecule has 2 bridgehead atoms. The molecule has 3 unspecified atom stereocenters. The predicted octanol–water partition coefficient (Wildman–Crippen LogP) is 4.38. The van der Waals surface area contributed by atoms with E-state index in [2.05, 4.69) is 37.2 Å².